The summed E-state index contributed by atoms with van der Waals surface area (Å²) in [7, 11) is -4.90. The van der Waals surface area contributed by atoms with Gasteiger partial charge in [0.2, 0.25) is 0 Å². The van der Waals surface area contributed by atoms with Crippen LogP contribution in [-0.4, -0.2) is 28.7 Å². The molecule has 1 aromatic rings. The second kappa shape index (κ2) is 9.84. The maximum atomic E-state index is 12.6. The molecule has 0 amide bonds. The van der Waals surface area contributed by atoms with Gasteiger partial charge in [-0.3, -0.25) is 14.3 Å². The third kappa shape index (κ3) is 8.20. The fourth-order valence-corrected chi connectivity index (χ4v) is 1.71. The zero-order valence-electron chi connectivity index (χ0n) is 12.0. The summed E-state index contributed by atoms with van der Waals surface area (Å²) in [5.41, 5.74) is -1.11. The number of H-pyrrole nitrogens is 1. The van der Waals surface area contributed by atoms with E-state index in [1.807, 2.05) is 4.98 Å². The third-order valence-corrected chi connectivity index (χ3v) is 2.70. The molecule has 0 bridgehead atoms. The third-order valence-electron chi connectivity index (χ3n) is 2.23. The molecule has 0 aliphatic carbocycles. The zero-order valence-corrected chi connectivity index (χ0v) is 12.9. The molecule has 1 N–H and O–H groups in total. The maximum Gasteiger partial charge on any atom is 1.00 e. The molecule has 0 aromatic carbocycles. The minimum atomic E-state index is -4.90. The van der Waals surface area contributed by atoms with Crippen molar-refractivity contribution >= 4 is 7.60 Å². The van der Waals surface area contributed by atoms with Crippen LogP contribution in [0.25, 0.3) is 0 Å². The number of hydrogen-bond acceptors (Lipinski definition) is 6. The Morgan fingerprint density at radius 3 is 2.48 bits per heavy atom. The Morgan fingerprint density at radius 2 is 2.00 bits per heavy atom. The first-order valence-electron chi connectivity index (χ1n) is 5.22. The van der Waals surface area contributed by atoms with Gasteiger partial charge in [-0.05, 0) is 14.5 Å². The Morgan fingerprint density at radius 1 is 1.43 bits per heavy atom. The molecule has 12 heteroatoms. The van der Waals surface area contributed by atoms with E-state index in [-0.39, 0.29) is 49.8 Å². The largest absolute Gasteiger partial charge is 1.00 e. The van der Waals surface area contributed by atoms with Crippen molar-refractivity contribution in [3.8, 4) is 0 Å². The van der Waals surface area contributed by atoms with E-state index in [1.54, 1.807) is 0 Å². The van der Waals surface area contributed by atoms with Crippen LogP contribution in [0.1, 0.15) is 5.56 Å². The Labute approximate surface area is 143 Å². The summed E-state index contributed by atoms with van der Waals surface area (Å²) in [6.45, 7) is 0.0567. The van der Waals surface area contributed by atoms with Gasteiger partial charge in [0.1, 0.15) is 12.8 Å². The molecule has 0 radical (unpaired) electrons. The Hall–Kier alpha value is -0.0852. The van der Waals surface area contributed by atoms with Gasteiger partial charge in [-0.15, -0.1) is 0 Å². The smallest absolute Gasteiger partial charge is 0.809 e. The molecule has 21 heavy (non-hydrogen) atoms. The topological polar surface area (TPSA) is 127 Å². The summed E-state index contributed by atoms with van der Waals surface area (Å²) in [6, 6.07) is 0. The predicted molar refractivity (Wildman–Crippen MR) is 59.4 cm³/mol. The van der Waals surface area contributed by atoms with Gasteiger partial charge >= 0.3 is 43.4 Å². The minimum absolute atomic E-state index is 0. The molecule has 0 spiro atoms. The first-order valence-corrected chi connectivity index (χ1v) is 6.94. The van der Waals surface area contributed by atoms with E-state index in [9.17, 15) is 28.3 Å². The van der Waals surface area contributed by atoms with Gasteiger partial charge in [-0.25, -0.2) is 9.18 Å². The molecule has 0 saturated carbocycles. The number of hydrogen-bond donors (Lipinski definition) is 1. The van der Waals surface area contributed by atoms with Gasteiger partial charge in [-0.1, -0.05) is 0 Å². The second-order valence-electron chi connectivity index (χ2n) is 3.91. The van der Waals surface area contributed by atoms with Crippen LogP contribution in [-0.2, 0) is 15.8 Å². The molecular weight excluding hydrogens is 296 g/mol. The standard InChI is InChI=1S/C9H14FN2O6P.2Li/c1-6-3-12(9(14)11-8(6)13)4-7(2-10)18-5-19(15,16)17;;/h3,7H,2,4-5H2,1H3,(H,11,13,14)(H2,15,16,17);;/q;2*+1/p-2/t7-;;/m1../s1. The van der Waals surface area contributed by atoms with Gasteiger partial charge in [0.15, 0.2) is 0 Å². The van der Waals surface area contributed by atoms with Crippen molar-refractivity contribution in [1.29, 1.82) is 0 Å². The fraction of sp³-hybridized carbons (Fsp3) is 0.556. The van der Waals surface area contributed by atoms with Crippen molar-refractivity contribution in [2.45, 2.75) is 19.6 Å². The number of halogens is 1. The van der Waals surface area contributed by atoms with E-state index in [0.717, 1.165) is 4.57 Å². The molecule has 0 saturated heterocycles. The molecule has 0 aliphatic heterocycles. The van der Waals surface area contributed by atoms with Crippen molar-refractivity contribution in [1.82, 2.24) is 9.55 Å². The van der Waals surface area contributed by atoms with Crippen molar-refractivity contribution in [2.24, 2.45) is 0 Å². The summed E-state index contributed by atoms with van der Waals surface area (Å²) in [5.74, 6) is 0. The number of aryl methyl sites for hydroxylation is 1. The van der Waals surface area contributed by atoms with Crippen LogP contribution < -0.4 is 58.8 Å². The van der Waals surface area contributed by atoms with Crippen LogP contribution in [0.4, 0.5) is 4.39 Å². The number of alkyl halides is 1. The molecule has 1 rings (SSSR count). The average molecular weight is 308 g/mol. The van der Waals surface area contributed by atoms with Gasteiger partial charge in [-0.2, -0.15) is 0 Å². The minimum Gasteiger partial charge on any atom is -0.809 e. The number of aromatic amines is 1. The number of ether oxygens (including phenoxy) is 1. The van der Waals surface area contributed by atoms with Crippen LogP contribution in [0.2, 0.25) is 0 Å². The molecule has 8 nitrogen and oxygen atoms in total. The normalized spacial score (nSPS) is 12.2. The summed E-state index contributed by atoms with van der Waals surface area (Å²) >= 11 is 0. The predicted octanol–water partition coefficient (Wildman–Crippen LogP) is -7.92. The average Bonchev–Trinajstić information content (AvgIpc) is 2.29. The molecule has 0 unspecified atom stereocenters. The van der Waals surface area contributed by atoms with Crippen molar-refractivity contribution < 1.29 is 61.2 Å². The van der Waals surface area contributed by atoms with Gasteiger partial charge in [0, 0.05) is 11.8 Å². The van der Waals surface area contributed by atoms with Crippen LogP contribution in [0.5, 0.6) is 0 Å². The second-order valence-corrected chi connectivity index (χ2v) is 5.39. The van der Waals surface area contributed by atoms with Gasteiger partial charge in [0.05, 0.1) is 12.9 Å². The summed E-state index contributed by atoms with van der Waals surface area (Å²) in [4.78, 5) is 45.3. The molecule has 1 aromatic heterocycles. The Balaban J connectivity index is 0. The van der Waals surface area contributed by atoms with E-state index in [0.29, 0.717) is 0 Å². The van der Waals surface area contributed by atoms with Gasteiger partial charge < -0.3 is 19.1 Å². The molecule has 0 aliphatic rings. The first-order chi connectivity index (χ1) is 8.73. The van der Waals surface area contributed by atoms with Crippen LogP contribution in [0.3, 0.4) is 0 Å². The van der Waals surface area contributed by atoms with Gasteiger partial charge in [0.25, 0.3) is 5.56 Å². The van der Waals surface area contributed by atoms with Crippen molar-refractivity contribution in [3.63, 3.8) is 0 Å². The maximum absolute atomic E-state index is 12.6. The van der Waals surface area contributed by atoms with E-state index >= 15 is 0 Å². The molecule has 108 valence electrons. The van der Waals surface area contributed by atoms with Crippen molar-refractivity contribution in [2.75, 3.05) is 13.0 Å². The monoisotopic (exact) mass is 308 g/mol. The summed E-state index contributed by atoms with van der Waals surface area (Å²) in [6.07, 6.45) is -1.22. The summed E-state index contributed by atoms with van der Waals surface area (Å²) < 4.78 is 28.5. The Kier molecular flexibility index (Phi) is 10.9. The van der Waals surface area contributed by atoms with Crippen LogP contribution >= 0.6 is 7.60 Å². The van der Waals surface area contributed by atoms with E-state index in [4.69, 9.17) is 0 Å². The fourth-order valence-electron chi connectivity index (χ4n) is 1.32. The van der Waals surface area contributed by atoms with Crippen LogP contribution in [0.15, 0.2) is 15.8 Å². The van der Waals surface area contributed by atoms with E-state index in [2.05, 4.69) is 4.74 Å². The number of rotatable bonds is 6. The number of aromatic nitrogens is 2. The molecule has 1 heterocycles. The SMILES string of the molecule is Cc1cn(C[C@@H](CF)OCP(=O)([O-])[O-])c(=O)[nH]c1=O.[Li+].[Li+]. The quantitative estimate of drug-likeness (QED) is 0.411. The van der Waals surface area contributed by atoms with E-state index in [1.165, 1.54) is 13.1 Å². The molecule has 0 fully saturated rings. The number of nitrogens with one attached hydrogen (secondary N) is 1. The molecular formula is C9H12FLi2N2O6P. The Bertz CT molecular complexity index is 601. The van der Waals surface area contributed by atoms with Crippen molar-refractivity contribution in [3.05, 3.63) is 32.6 Å². The number of nitrogens with zero attached hydrogens (tertiary/aromatic N) is 1. The first kappa shape index (κ1) is 23.2. The zero-order chi connectivity index (χ0) is 14.6. The molecule has 1 atom stereocenters. The summed E-state index contributed by atoms with van der Waals surface area (Å²) in [5, 5.41) is 0. The van der Waals surface area contributed by atoms with E-state index < -0.39 is 38.0 Å². The van der Waals surface area contributed by atoms with Crippen LogP contribution in [0, 0.1) is 6.92 Å².